The van der Waals surface area contributed by atoms with E-state index < -0.39 is 0 Å². The van der Waals surface area contributed by atoms with Gasteiger partial charge >= 0.3 is 0 Å². The summed E-state index contributed by atoms with van der Waals surface area (Å²) in [5.74, 6) is 0. The molecule has 0 saturated carbocycles. The lowest BCUT2D eigenvalue weighted by molar-refractivity contribution is 0.0265. The molecule has 0 aromatic heterocycles. The number of rotatable bonds is 9. The van der Waals surface area contributed by atoms with Crippen LogP contribution < -0.4 is 5.32 Å². The summed E-state index contributed by atoms with van der Waals surface area (Å²) in [5.41, 5.74) is 0. The maximum absolute atomic E-state index is 6.06. The monoisotopic (exact) mass is 252 g/mol. The van der Waals surface area contributed by atoms with Crippen LogP contribution in [-0.2, 0) is 4.74 Å². The molecule has 1 rings (SSSR count). The Bertz CT molecular complexity index is 243. The SMILES string of the molecule is C=CCN(CC=C)CC1CCC(CNC(C)C)O1. The standard InChI is InChI=1S/C15H28N2O/c1-5-9-17(10-6-2)12-15-8-7-14(18-15)11-16-13(3)4/h5-6,13-16H,1-2,7-12H2,3-4H3. The van der Waals surface area contributed by atoms with Gasteiger partial charge in [-0.25, -0.2) is 0 Å². The predicted molar refractivity (Wildman–Crippen MR) is 77.9 cm³/mol. The Labute approximate surface area is 112 Å². The molecule has 0 radical (unpaired) electrons. The maximum atomic E-state index is 6.06. The van der Waals surface area contributed by atoms with Crippen LogP contribution in [-0.4, -0.2) is 49.3 Å². The summed E-state index contributed by atoms with van der Waals surface area (Å²) < 4.78 is 6.06. The Morgan fingerprint density at radius 3 is 2.39 bits per heavy atom. The molecule has 0 aromatic rings. The Morgan fingerprint density at radius 1 is 1.22 bits per heavy atom. The van der Waals surface area contributed by atoms with E-state index in [-0.39, 0.29) is 0 Å². The first-order valence-electron chi connectivity index (χ1n) is 6.98. The molecule has 18 heavy (non-hydrogen) atoms. The molecule has 1 fully saturated rings. The Balaban J connectivity index is 2.27. The van der Waals surface area contributed by atoms with Crippen LogP contribution in [0.5, 0.6) is 0 Å². The maximum Gasteiger partial charge on any atom is 0.0707 e. The van der Waals surface area contributed by atoms with Crippen molar-refractivity contribution in [2.75, 3.05) is 26.2 Å². The van der Waals surface area contributed by atoms with Gasteiger partial charge in [-0.2, -0.15) is 0 Å². The summed E-state index contributed by atoms with van der Waals surface area (Å²) in [6.45, 7) is 15.7. The number of hydrogen-bond acceptors (Lipinski definition) is 3. The molecule has 2 unspecified atom stereocenters. The molecular formula is C15H28N2O. The van der Waals surface area contributed by atoms with Gasteiger partial charge in [-0.1, -0.05) is 26.0 Å². The minimum Gasteiger partial charge on any atom is -0.372 e. The van der Waals surface area contributed by atoms with Crippen molar-refractivity contribution in [1.82, 2.24) is 10.2 Å². The van der Waals surface area contributed by atoms with Crippen LogP contribution in [0.2, 0.25) is 0 Å². The third-order valence-electron chi connectivity index (χ3n) is 3.19. The first-order valence-corrected chi connectivity index (χ1v) is 6.98. The predicted octanol–water partition coefficient (Wildman–Crippen LogP) is 2.21. The van der Waals surface area contributed by atoms with E-state index in [2.05, 4.69) is 37.2 Å². The van der Waals surface area contributed by atoms with Gasteiger partial charge in [0.25, 0.3) is 0 Å². The first-order chi connectivity index (χ1) is 8.65. The van der Waals surface area contributed by atoms with E-state index in [1.54, 1.807) is 0 Å². The van der Waals surface area contributed by atoms with Crippen LogP contribution in [0.3, 0.4) is 0 Å². The topological polar surface area (TPSA) is 24.5 Å². The van der Waals surface area contributed by atoms with Gasteiger partial charge in [-0.05, 0) is 12.8 Å². The van der Waals surface area contributed by atoms with Crippen molar-refractivity contribution in [1.29, 1.82) is 0 Å². The van der Waals surface area contributed by atoms with Crippen LogP contribution in [0.1, 0.15) is 26.7 Å². The van der Waals surface area contributed by atoms with E-state index in [0.29, 0.717) is 18.2 Å². The fourth-order valence-electron chi connectivity index (χ4n) is 2.31. The molecule has 104 valence electrons. The number of hydrogen-bond donors (Lipinski definition) is 1. The van der Waals surface area contributed by atoms with Gasteiger partial charge in [0.05, 0.1) is 12.2 Å². The molecule has 1 heterocycles. The molecule has 0 spiro atoms. The number of ether oxygens (including phenoxy) is 1. The molecular weight excluding hydrogens is 224 g/mol. The molecule has 1 saturated heterocycles. The lowest BCUT2D eigenvalue weighted by atomic mass is 10.2. The second-order valence-corrected chi connectivity index (χ2v) is 5.32. The Morgan fingerprint density at radius 2 is 1.83 bits per heavy atom. The Hall–Kier alpha value is -0.640. The highest BCUT2D eigenvalue weighted by Crippen LogP contribution is 2.20. The van der Waals surface area contributed by atoms with E-state index in [1.807, 2.05) is 12.2 Å². The minimum absolute atomic E-state index is 0.365. The average molecular weight is 252 g/mol. The molecule has 0 aromatic carbocycles. The zero-order chi connectivity index (χ0) is 13.4. The summed E-state index contributed by atoms with van der Waals surface area (Å²) >= 11 is 0. The third-order valence-corrected chi connectivity index (χ3v) is 3.19. The lowest BCUT2D eigenvalue weighted by Crippen LogP contribution is -2.35. The highest BCUT2D eigenvalue weighted by atomic mass is 16.5. The molecule has 1 aliphatic rings. The molecule has 0 bridgehead atoms. The summed E-state index contributed by atoms with van der Waals surface area (Å²) in [6.07, 6.45) is 6.96. The van der Waals surface area contributed by atoms with Gasteiger partial charge in [0, 0.05) is 32.2 Å². The normalized spacial score (nSPS) is 23.8. The van der Waals surface area contributed by atoms with Crippen molar-refractivity contribution in [3.63, 3.8) is 0 Å². The fraction of sp³-hybridized carbons (Fsp3) is 0.733. The smallest absolute Gasteiger partial charge is 0.0707 e. The summed E-state index contributed by atoms with van der Waals surface area (Å²) in [7, 11) is 0. The molecule has 0 amide bonds. The summed E-state index contributed by atoms with van der Waals surface area (Å²) in [4.78, 5) is 2.32. The zero-order valence-electron chi connectivity index (χ0n) is 11.9. The highest BCUT2D eigenvalue weighted by molar-refractivity contribution is 4.84. The second kappa shape index (κ2) is 8.46. The van der Waals surface area contributed by atoms with E-state index >= 15 is 0 Å². The van der Waals surface area contributed by atoms with Crippen LogP contribution in [0, 0.1) is 0 Å². The van der Waals surface area contributed by atoms with Gasteiger partial charge in [-0.15, -0.1) is 13.2 Å². The van der Waals surface area contributed by atoms with Gasteiger partial charge < -0.3 is 10.1 Å². The zero-order valence-corrected chi connectivity index (χ0v) is 11.9. The van der Waals surface area contributed by atoms with Crippen LogP contribution in [0.4, 0.5) is 0 Å². The Kier molecular flexibility index (Phi) is 7.25. The highest BCUT2D eigenvalue weighted by Gasteiger charge is 2.26. The van der Waals surface area contributed by atoms with Crippen molar-refractivity contribution in [3.05, 3.63) is 25.3 Å². The quantitative estimate of drug-likeness (QED) is 0.637. The lowest BCUT2D eigenvalue weighted by Gasteiger charge is -2.23. The minimum atomic E-state index is 0.365. The van der Waals surface area contributed by atoms with Crippen LogP contribution in [0.25, 0.3) is 0 Å². The third kappa shape index (κ3) is 5.80. The van der Waals surface area contributed by atoms with Gasteiger partial charge in [0.15, 0.2) is 0 Å². The van der Waals surface area contributed by atoms with E-state index in [1.165, 1.54) is 6.42 Å². The molecule has 1 N–H and O–H groups in total. The molecule has 0 aliphatic carbocycles. The van der Waals surface area contributed by atoms with Crippen molar-refractivity contribution in [2.45, 2.75) is 44.9 Å². The van der Waals surface area contributed by atoms with E-state index in [0.717, 1.165) is 32.6 Å². The second-order valence-electron chi connectivity index (χ2n) is 5.32. The molecule has 2 atom stereocenters. The van der Waals surface area contributed by atoms with Crippen molar-refractivity contribution in [3.8, 4) is 0 Å². The van der Waals surface area contributed by atoms with Crippen molar-refractivity contribution >= 4 is 0 Å². The van der Waals surface area contributed by atoms with Crippen LogP contribution in [0.15, 0.2) is 25.3 Å². The molecule has 1 aliphatic heterocycles. The molecule has 3 heteroatoms. The molecule has 3 nitrogen and oxygen atoms in total. The van der Waals surface area contributed by atoms with Gasteiger partial charge in [-0.3, -0.25) is 4.90 Å². The number of nitrogens with zero attached hydrogens (tertiary/aromatic N) is 1. The van der Waals surface area contributed by atoms with Crippen molar-refractivity contribution in [2.24, 2.45) is 0 Å². The van der Waals surface area contributed by atoms with Crippen LogP contribution >= 0.6 is 0 Å². The van der Waals surface area contributed by atoms with E-state index in [4.69, 9.17) is 4.74 Å². The summed E-state index contributed by atoms with van der Waals surface area (Å²) in [5, 5.41) is 3.44. The van der Waals surface area contributed by atoms with Crippen molar-refractivity contribution < 1.29 is 4.74 Å². The number of nitrogens with one attached hydrogen (secondary N) is 1. The largest absolute Gasteiger partial charge is 0.372 e. The average Bonchev–Trinajstić information content (AvgIpc) is 2.75. The fourth-order valence-corrected chi connectivity index (χ4v) is 2.31. The summed E-state index contributed by atoms with van der Waals surface area (Å²) in [6, 6.07) is 0.533. The van der Waals surface area contributed by atoms with Gasteiger partial charge in [0.1, 0.15) is 0 Å². The van der Waals surface area contributed by atoms with E-state index in [9.17, 15) is 0 Å². The van der Waals surface area contributed by atoms with Gasteiger partial charge in [0.2, 0.25) is 0 Å². The first kappa shape index (κ1) is 15.4.